The van der Waals surface area contributed by atoms with Crippen LogP contribution in [0.25, 0.3) is 0 Å². The molecule has 0 atom stereocenters. The number of aliphatic imine (C=N–C) groups is 1. The first kappa shape index (κ1) is 17.5. The predicted octanol–water partition coefficient (Wildman–Crippen LogP) is 1.35. The zero-order chi connectivity index (χ0) is 16.9. The molecule has 1 aromatic rings. The number of guanidine groups is 1. The number of aromatic nitrogens is 1. The minimum atomic E-state index is -4.42. The number of nitrogens with zero attached hydrogens (tertiary/aromatic N) is 2. The fourth-order valence-corrected chi connectivity index (χ4v) is 2.50. The zero-order valence-electron chi connectivity index (χ0n) is 12.5. The van der Waals surface area contributed by atoms with Crippen LogP contribution in [0.5, 0.6) is 0 Å². The molecule has 1 aliphatic carbocycles. The molecule has 1 heterocycles. The van der Waals surface area contributed by atoms with Gasteiger partial charge >= 0.3 is 6.18 Å². The number of alkyl halides is 3. The highest BCUT2D eigenvalue weighted by Crippen LogP contribution is 2.30. The summed E-state index contributed by atoms with van der Waals surface area (Å²) in [7, 11) is 1.56. The van der Waals surface area contributed by atoms with Gasteiger partial charge in [-0.1, -0.05) is 0 Å². The number of thiazole rings is 1. The number of nitrogens with one attached hydrogen (secondary N) is 3. The molecule has 3 N–H and O–H groups in total. The average molecular weight is 349 g/mol. The average Bonchev–Trinajstić information content (AvgIpc) is 3.23. The molecule has 2 rings (SSSR count). The summed E-state index contributed by atoms with van der Waals surface area (Å²) in [6.45, 7) is 1.09. The molecule has 0 saturated heterocycles. The zero-order valence-corrected chi connectivity index (χ0v) is 13.4. The van der Waals surface area contributed by atoms with Crippen molar-refractivity contribution in [2.24, 2.45) is 10.9 Å². The molecule has 6 nitrogen and oxygen atoms in total. The molecule has 1 aliphatic rings. The Kier molecular flexibility index (Phi) is 5.80. The van der Waals surface area contributed by atoms with Crippen LogP contribution in [0.2, 0.25) is 0 Å². The third-order valence-corrected chi connectivity index (χ3v) is 3.99. The van der Waals surface area contributed by atoms with Crippen LogP contribution in [-0.4, -0.2) is 37.0 Å². The lowest BCUT2D eigenvalue weighted by molar-refractivity contribution is -0.140. The molecule has 0 spiro atoms. The van der Waals surface area contributed by atoms with Gasteiger partial charge < -0.3 is 16.0 Å². The van der Waals surface area contributed by atoms with Gasteiger partial charge in [-0.15, -0.1) is 11.3 Å². The van der Waals surface area contributed by atoms with Crippen molar-refractivity contribution >= 4 is 23.2 Å². The van der Waals surface area contributed by atoms with Crippen LogP contribution < -0.4 is 16.0 Å². The van der Waals surface area contributed by atoms with Crippen LogP contribution in [0.15, 0.2) is 10.4 Å². The number of hydrogen-bond acceptors (Lipinski definition) is 4. The standard InChI is InChI=1S/C13H18F3N5OS/c1-17-12(19-5-4-18-11(22)8-2-3-8)20-6-10-21-9(7-23-10)13(14,15)16/h7-8H,2-6H2,1H3,(H,18,22)(H2,17,19,20). The highest BCUT2D eigenvalue weighted by Gasteiger charge is 2.33. The minimum Gasteiger partial charge on any atom is -0.355 e. The maximum atomic E-state index is 12.5. The van der Waals surface area contributed by atoms with Crippen LogP contribution in [0.4, 0.5) is 13.2 Å². The second-order valence-electron chi connectivity index (χ2n) is 5.04. The molecule has 128 valence electrons. The Morgan fingerprint density at radius 3 is 2.61 bits per heavy atom. The van der Waals surface area contributed by atoms with E-state index in [9.17, 15) is 18.0 Å². The lowest BCUT2D eigenvalue weighted by atomic mass is 10.4. The van der Waals surface area contributed by atoms with Gasteiger partial charge in [0.2, 0.25) is 5.91 Å². The Morgan fingerprint density at radius 2 is 2.04 bits per heavy atom. The van der Waals surface area contributed by atoms with Crippen molar-refractivity contribution in [1.29, 1.82) is 0 Å². The lowest BCUT2D eigenvalue weighted by Gasteiger charge is -2.11. The van der Waals surface area contributed by atoms with Crippen LogP contribution in [0.1, 0.15) is 23.5 Å². The van der Waals surface area contributed by atoms with Crippen LogP contribution >= 0.6 is 11.3 Å². The maximum absolute atomic E-state index is 12.5. The summed E-state index contributed by atoms with van der Waals surface area (Å²) < 4.78 is 37.4. The van der Waals surface area contributed by atoms with Gasteiger partial charge in [-0.25, -0.2) is 4.98 Å². The van der Waals surface area contributed by atoms with E-state index in [-0.39, 0.29) is 18.4 Å². The Balaban J connectivity index is 1.68. The highest BCUT2D eigenvalue weighted by atomic mass is 32.1. The van der Waals surface area contributed by atoms with Gasteiger partial charge in [0.1, 0.15) is 5.01 Å². The number of hydrogen-bond donors (Lipinski definition) is 3. The fraction of sp³-hybridized carbons (Fsp3) is 0.615. The van der Waals surface area contributed by atoms with Crippen LogP contribution in [0, 0.1) is 5.92 Å². The first-order valence-corrected chi connectivity index (χ1v) is 8.02. The number of amides is 1. The second-order valence-corrected chi connectivity index (χ2v) is 5.98. The van der Waals surface area contributed by atoms with Crippen molar-refractivity contribution in [2.75, 3.05) is 20.1 Å². The molecule has 0 unspecified atom stereocenters. The first-order valence-electron chi connectivity index (χ1n) is 7.14. The highest BCUT2D eigenvalue weighted by molar-refractivity contribution is 7.09. The number of carbonyl (C=O) groups excluding carboxylic acids is 1. The van der Waals surface area contributed by atoms with Gasteiger partial charge in [0.25, 0.3) is 0 Å². The summed E-state index contributed by atoms with van der Waals surface area (Å²) >= 11 is 0.938. The molecular formula is C13H18F3N5OS. The van der Waals surface area contributed by atoms with Gasteiger partial charge in [-0.05, 0) is 12.8 Å². The second kappa shape index (κ2) is 7.62. The van der Waals surface area contributed by atoms with E-state index in [1.54, 1.807) is 7.05 Å². The molecule has 1 amide bonds. The Morgan fingerprint density at radius 1 is 1.35 bits per heavy atom. The summed E-state index contributed by atoms with van der Waals surface area (Å²) in [4.78, 5) is 18.9. The SMILES string of the molecule is CN=C(NCCNC(=O)C1CC1)NCc1nc(C(F)(F)F)cs1. The van der Waals surface area contributed by atoms with E-state index in [1.165, 1.54) is 0 Å². The molecule has 0 bridgehead atoms. The number of rotatable bonds is 6. The molecule has 0 aliphatic heterocycles. The van der Waals surface area contributed by atoms with E-state index in [1.807, 2.05) is 0 Å². The Hall–Kier alpha value is -1.84. The topological polar surface area (TPSA) is 78.4 Å². The van der Waals surface area contributed by atoms with Crippen LogP contribution in [-0.2, 0) is 17.5 Å². The van der Waals surface area contributed by atoms with E-state index >= 15 is 0 Å². The lowest BCUT2D eigenvalue weighted by Crippen LogP contribution is -2.41. The predicted molar refractivity (Wildman–Crippen MR) is 81.1 cm³/mol. The summed E-state index contributed by atoms with van der Waals surface area (Å²) in [6.07, 6.45) is -2.51. The quantitative estimate of drug-likeness (QED) is 0.412. The summed E-state index contributed by atoms with van der Waals surface area (Å²) in [5, 5.41) is 9.96. The van der Waals surface area contributed by atoms with Crippen molar-refractivity contribution in [1.82, 2.24) is 20.9 Å². The van der Waals surface area contributed by atoms with Crippen molar-refractivity contribution in [3.05, 3.63) is 16.1 Å². The summed E-state index contributed by atoms with van der Waals surface area (Å²) in [5.41, 5.74) is -0.884. The Bertz CT molecular complexity index is 568. The van der Waals surface area contributed by atoms with E-state index < -0.39 is 11.9 Å². The normalized spacial score (nSPS) is 15.4. The Labute approximate surface area is 135 Å². The molecule has 23 heavy (non-hydrogen) atoms. The minimum absolute atomic E-state index is 0.0669. The van der Waals surface area contributed by atoms with Crippen molar-refractivity contribution in [3.8, 4) is 0 Å². The summed E-state index contributed by atoms with van der Waals surface area (Å²) in [5.74, 6) is 0.673. The van der Waals surface area contributed by atoms with E-state index in [0.29, 0.717) is 24.1 Å². The van der Waals surface area contributed by atoms with Gasteiger partial charge in [0.05, 0.1) is 6.54 Å². The monoisotopic (exact) mass is 349 g/mol. The molecular weight excluding hydrogens is 331 g/mol. The molecule has 0 aromatic carbocycles. The van der Waals surface area contributed by atoms with E-state index in [0.717, 1.165) is 29.6 Å². The van der Waals surface area contributed by atoms with Crippen LogP contribution in [0.3, 0.4) is 0 Å². The third-order valence-electron chi connectivity index (χ3n) is 3.14. The van der Waals surface area contributed by atoms with Crippen molar-refractivity contribution < 1.29 is 18.0 Å². The first-order chi connectivity index (χ1) is 10.9. The molecule has 10 heteroatoms. The molecule has 0 radical (unpaired) electrons. The number of carbonyl (C=O) groups is 1. The van der Waals surface area contributed by atoms with Gasteiger partial charge in [-0.2, -0.15) is 13.2 Å². The summed E-state index contributed by atoms with van der Waals surface area (Å²) in [6, 6.07) is 0. The van der Waals surface area contributed by atoms with Crippen molar-refractivity contribution in [3.63, 3.8) is 0 Å². The van der Waals surface area contributed by atoms with Crippen molar-refractivity contribution in [2.45, 2.75) is 25.6 Å². The largest absolute Gasteiger partial charge is 0.434 e. The van der Waals surface area contributed by atoms with Gasteiger partial charge in [-0.3, -0.25) is 9.79 Å². The fourth-order valence-electron chi connectivity index (χ4n) is 1.76. The maximum Gasteiger partial charge on any atom is 0.434 e. The molecule has 1 saturated carbocycles. The third kappa shape index (κ3) is 5.70. The molecule has 1 fully saturated rings. The van der Waals surface area contributed by atoms with Gasteiger partial charge in [0.15, 0.2) is 11.7 Å². The smallest absolute Gasteiger partial charge is 0.355 e. The van der Waals surface area contributed by atoms with E-state index in [4.69, 9.17) is 0 Å². The van der Waals surface area contributed by atoms with Gasteiger partial charge in [0, 0.05) is 31.4 Å². The number of halogens is 3. The van der Waals surface area contributed by atoms with E-state index in [2.05, 4.69) is 25.9 Å². The molecule has 1 aromatic heterocycles.